The summed E-state index contributed by atoms with van der Waals surface area (Å²) in [6, 6.07) is 17.0. The van der Waals surface area contributed by atoms with Crippen LogP contribution in [0.4, 0.5) is 11.4 Å². The lowest BCUT2D eigenvalue weighted by atomic mass is 9.97. The predicted octanol–water partition coefficient (Wildman–Crippen LogP) is 4.22. The zero-order valence-electron chi connectivity index (χ0n) is 32.3. The number of aromatic nitrogens is 6. The van der Waals surface area contributed by atoms with Crippen molar-refractivity contribution in [2.45, 2.75) is 75.5 Å². The van der Waals surface area contributed by atoms with E-state index in [-0.39, 0.29) is 30.0 Å². The van der Waals surface area contributed by atoms with E-state index in [0.717, 1.165) is 98.2 Å². The number of hydrogen-bond donors (Lipinski definition) is 3. The molecule has 3 amide bonds. The van der Waals surface area contributed by atoms with Gasteiger partial charge in [-0.2, -0.15) is 5.10 Å². The van der Waals surface area contributed by atoms with Crippen molar-refractivity contribution in [3.8, 4) is 11.3 Å². The van der Waals surface area contributed by atoms with Gasteiger partial charge in [-0.1, -0.05) is 18.2 Å². The van der Waals surface area contributed by atoms with E-state index in [2.05, 4.69) is 77.9 Å². The van der Waals surface area contributed by atoms with Gasteiger partial charge in [0.2, 0.25) is 11.8 Å². The molecule has 1 saturated carbocycles. The second-order valence-electron chi connectivity index (χ2n) is 16.1. The third kappa shape index (κ3) is 6.15. The van der Waals surface area contributed by atoms with E-state index in [0.29, 0.717) is 35.4 Å². The van der Waals surface area contributed by atoms with Crippen LogP contribution in [0.15, 0.2) is 65.7 Å². The predicted molar refractivity (Wildman–Crippen MR) is 218 cm³/mol. The minimum Gasteiger partial charge on any atom is -0.385 e. The largest absolute Gasteiger partial charge is 0.385 e. The van der Waals surface area contributed by atoms with Crippen LogP contribution < -0.4 is 26.5 Å². The highest BCUT2D eigenvalue weighted by Crippen LogP contribution is 2.37. The minimum atomic E-state index is -0.690. The van der Waals surface area contributed by atoms with E-state index in [1.54, 1.807) is 22.3 Å². The van der Waals surface area contributed by atoms with Crippen LogP contribution in [0.3, 0.4) is 0 Å². The second kappa shape index (κ2) is 13.9. The number of fused-ring (bicyclic) bond motifs is 3. The van der Waals surface area contributed by atoms with Gasteiger partial charge in [-0.15, -0.1) is 0 Å². The molecule has 7 heterocycles. The van der Waals surface area contributed by atoms with Crippen molar-refractivity contribution < 1.29 is 14.4 Å². The van der Waals surface area contributed by atoms with Gasteiger partial charge >= 0.3 is 5.69 Å². The van der Waals surface area contributed by atoms with Crippen molar-refractivity contribution in [1.29, 1.82) is 0 Å². The third-order valence-electron chi connectivity index (χ3n) is 12.7. The Balaban J connectivity index is 0.830. The summed E-state index contributed by atoms with van der Waals surface area (Å²) in [6.45, 7) is 3.91. The highest BCUT2D eigenvalue weighted by Gasteiger charge is 2.33. The molecule has 1 aliphatic carbocycles. The number of nitrogens with one attached hydrogen (secondary N) is 3. The number of anilines is 2. The van der Waals surface area contributed by atoms with Crippen LogP contribution in [-0.4, -0.2) is 96.2 Å². The van der Waals surface area contributed by atoms with Gasteiger partial charge < -0.3 is 25.0 Å². The third-order valence-corrected chi connectivity index (χ3v) is 12.7. The first-order valence-electron chi connectivity index (χ1n) is 20.3. The number of nitrogens with zero attached hydrogens (tertiary/aromatic N) is 8. The highest BCUT2D eigenvalue weighted by molar-refractivity contribution is 6.00. The number of carbonyl (C=O) groups is 3. The van der Waals surface area contributed by atoms with E-state index in [1.807, 2.05) is 19.2 Å². The number of amides is 3. The van der Waals surface area contributed by atoms with Crippen molar-refractivity contribution in [1.82, 2.24) is 43.8 Å². The number of carbonyl (C=O) groups excluding carboxylic acids is 3. The fraction of sp³-hybridized carbons (Fsp3) is 0.429. The topological polar surface area (TPSA) is 156 Å². The molecule has 2 aromatic carbocycles. The Labute approximate surface area is 328 Å². The zero-order chi connectivity index (χ0) is 38.9. The lowest BCUT2D eigenvalue weighted by Crippen LogP contribution is -2.48. The molecule has 0 bridgehead atoms. The number of para-hydroxylation sites is 1. The number of likely N-dealkylation sites (tertiary alicyclic amines) is 1. The summed E-state index contributed by atoms with van der Waals surface area (Å²) in [5, 5.41) is 14.9. The molecule has 1 atom stereocenters. The van der Waals surface area contributed by atoms with E-state index in [1.165, 1.54) is 10.1 Å². The van der Waals surface area contributed by atoms with Crippen LogP contribution >= 0.6 is 0 Å². The van der Waals surface area contributed by atoms with Crippen LogP contribution in [0.25, 0.3) is 38.8 Å². The van der Waals surface area contributed by atoms with Gasteiger partial charge in [0.15, 0.2) is 11.3 Å². The maximum atomic E-state index is 13.3. The number of hydrogen-bond acceptors (Lipinski definition) is 9. The average Bonchev–Trinajstić information content (AvgIpc) is 3.71. The van der Waals surface area contributed by atoms with Gasteiger partial charge in [0.05, 0.1) is 28.6 Å². The van der Waals surface area contributed by atoms with Gasteiger partial charge in [0.1, 0.15) is 6.04 Å². The van der Waals surface area contributed by atoms with Crippen LogP contribution in [0.1, 0.15) is 73.9 Å². The van der Waals surface area contributed by atoms with E-state index >= 15 is 0 Å². The van der Waals surface area contributed by atoms with Crippen molar-refractivity contribution in [2.24, 2.45) is 7.05 Å². The van der Waals surface area contributed by atoms with Gasteiger partial charge in [-0.25, -0.2) is 14.3 Å². The van der Waals surface area contributed by atoms with Gasteiger partial charge in [0, 0.05) is 93.2 Å². The lowest BCUT2D eigenvalue weighted by molar-refractivity contribution is -0.135. The molecule has 294 valence electrons. The Morgan fingerprint density at radius 3 is 2.39 bits per heavy atom. The van der Waals surface area contributed by atoms with Crippen molar-refractivity contribution >= 4 is 56.7 Å². The molecule has 4 aliphatic rings. The molecule has 6 aromatic rings. The van der Waals surface area contributed by atoms with Crippen LogP contribution in [0, 0.1) is 0 Å². The molecule has 3 saturated heterocycles. The van der Waals surface area contributed by atoms with Gasteiger partial charge in [-0.3, -0.25) is 28.8 Å². The molecule has 4 aromatic heterocycles. The van der Waals surface area contributed by atoms with Gasteiger partial charge in [0.25, 0.3) is 5.91 Å². The Morgan fingerprint density at radius 1 is 0.860 bits per heavy atom. The van der Waals surface area contributed by atoms with Crippen molar-refractivity contribution in [3.05, 3.63) is 77.1 Å². The monoisotopic (exact) mass is 769 g/mol. The number of aryl methyl sites for hydroxylation is 1. The summed E-state index contributed by atoms with van der Waals surface area (Å²) in [4.78, 5) is 60.4. The molecule has 3 aliphatic heterocycles. The molecule has 10 rings (SSSR count). The summed E-state index contributed by atoms with van der Waals surface area (Å²) in [7, 11) is 3.61. The highest BCUT2D eigenvalue weighted by atomic mass is 16.2. The molecule has 15 nitrogen and oxygen atoms in total. The Kier molecular flexibility index (Phi) is 8.65. The normalized spacial score (nSPS) is 20.2. The second-order valence-corrected chi connectivity index (χ2v) is 16.1. The number of piperidine rings is 3. The minimum absolute atomic E-state index is 0.148. The Bertz CT molecular complexity index is 2630. The van der Waals surface area contributed by atoms with Gasteiger partial charge in [-0.05, 0) is 75.3 Å². The van der Waals surface area contributed by atoms with Crippen LogP contribution in [0.5, 0.6) is 0 Å². The van der Waals surface area contributed by atoms with E-state index in [4.69, 9.17) is 5.10 Å². The molecule has 4 fully saturated rings. The summed E-state index contributed by atoms with van der Waals surface area (Å²) in [5.74, 6) is -0.862. The number of imide groups is 1. The maximum Gasteiger partial charge on any atom is 0.329 e. The summed E-state index contributed by atoms with van der Waals surface area (Å²) >= 11 is 0. The summed E-state index contributed by atoms with van der Waals surface area (Å²) < 4.78 is 7.27. The molecule has 57 heavy (non-hydrogen) atoms. The fourth-order valence-corrected chi connectivity index (χ4v) is 9.43. The first-order valence-corrected chi connectivity index (χ1v) is 20.3. The molecule has 1 unspecified atom stereocenters. The average molecular weight is 770 g/mol. The smallest absolute Gasteiger partial charge is 0.329 e. The summed E-state index contributed by atoms with van der Waals surface area (Å²) in [6.07, 6.45) is 10.7. The lowest BCUT2D eigenvalue weighted by Gasteiger charge is -2.42. The Morgan fingerprint density at radius 2 is 1.63 bits per heavy atom. The first-order chi connectivity index (χ1) is 27.7. The molecule has 3 N–H and O–H groups in total. The quantitative estimate of drug-likeness (QED) is 0.193. The number of rotatable bonds is 8. The van der Waals surface area contributed by atoms with Crippen molar-refractivity contribution in [3.63, 3.8) is 0 Å². The zero-order valence-corrected chi connectivity index (χ0v) is 32.3. The summed E-state index contributed by atoms with van der Waals surface area (Å²) in [5.41, 5.74) is 7.21. The Hall–Kier alpha value is -5.96. The first kappa shape index (κ1) is 35.5. The maximum absolute atomic E-state index is 13.3. The molecular weight excluding hydrogens is 723 g/mol. The molecule has 15 heteroatoms. The van der Waals surface area contributed by atoms with E-state index in [9.17, 15) is 19.2 Å². The standard InChI is InChI=1S/C42H47N11O4/c1-43-32-22-31(47-53-37(23-44-39(32)53)41(56)45-25-7-8-25)30-24-51(33-6-4-3-5-29(30)33)27-15-19-49(20-16-27)26-13-17-50(18-14-26)28-9-10-34-36(21-28)48(2)42(57)52(34)35-11-12-38(54)46-40(35)55/h3-6,9-10,21-27,35,43H,7-8,11-20H2,1-2H3,(H,45,56)(H,46,54,55). The number of imidazole rings is 2. The van der Waals surface area contributed by atoms with E-state index < -0.39 is 11.9 Å². The fourth-order valence-electron chi connectivity index (χ4n) is 9.43. The van der Waals surface area contributed by atoms with Crippen LogP contribution in [0.2, 0.25) is 0 Å². The molecule has 0 radical (unpaired) electrons. The van der Waals surface area contributed by atoms with Crippen molar-refractivity contribution in [2.75, 3.05) is 43.4 Å². The van der Waals surface area contributed by atoms with Crippen LogP contribution in [-0.2, 0) is 16.6 Å². The molecule has 0 spiro atoms. The SMILES string of the molecule is CNc1cc(-c2cn(C3CCN(C4CCN(c5ccc6c(c5)n(C)c(=O)n6C5CCC(=O)NC5=O)CC4)CC3)c3ccccc23)nn2c(C(=O)NC3CC3)cnc12. The number of benzene rings is 2. The molecular formula is C42H47N11O4.